The van der Waals surface area contributed by atoms with Crippen LogP contribution in [0.1, 0.15) is 34.8 Å². The van der Waals surface area contributed by atoms with Crippen LogP contribution in [0.2, 0.25) is 0 Å². The summed E-state index contributed by atoms with van der Waals surface area (Å²) in [6, 6.07) is 5.48. The number of hydrogen-bond acceptors (Lipinski definition) is 7. The van der Waals surface area contributed by atoms with E-state index in [-0.39, 0.29) is 23.0 Å². The van der Waals surface area contributed by atoms with Crippen molar-refractivity contribution in [3.63, 3.8) is 0 Å². The summed E-state index contributed by atoms with van der Waals surface area (Å²) >= 11 is 0. The van der Waals surface area contributed by atoms with E-state index in [2.05, 4.69) is 25.7 Å². The molecule has 1 atom stereocenters. The fourth-order valence-electron chi connectivity index (χ4n) is 4.28. The van der Waals surface area contributed by atoms with Gasteiger partial charge < -0.3 is 10.4 Å². The number of carboxylic acids is 1. The number of anilines is 3. The summed E-state index contributed by atoms with van der Waals surface area (Å²) in [7, 11) is 0. The van der Waals surface area contributed by atoms with Crippen molar-refractivity contribution in [3.8, 4) is 11.1 Å². The summed E-state index contributed by atoms with van der Waals surface area (Å²) in [5.41, 5.74) is 6.66. The van der Waals surface area contributed by atoms with Crippen LogP contribution in [-0.4, -0.2) is 38.2 Å². The highest BCUT2D eigenvalue weighted by Gasteiger charge is 2.43. The van der Waals surface area contributed by atoms with Gasteiger partial charge in [-0.1, -0.05) is 6.07 Å². The first-order chi connectivity index (χ1) is 16.7. The van der Waals surface area contributed by atoms with Crippen molar-refractivity contribution in [2.45, 2.75) is 38.4 Å². The van der Waals surface area contributed by atoms with Crippen molar-refractivity contribution in [2.24, 2.45) is 0 Å². The maximum Gasteiger partial charge on any atom is 0.409 e. The van der Waals surface area contributed by atoms with E-state index in [4.69, 9.17) is 0 Å². The zero-order valence-corrected chi connectivity index (χ0v) is 18.6. The molecule has 180 valence electrons. The summed E-state index contributed by atoms with van der Waals surface area (Å²) < 4.78 is 40.2. The fourth-order valence-corrected chi connectivity index (χ4v) is 4.28. The van der Waals surface area contributed by atoms with Gasteiger partial charge in [0, 0.05) is 41.1 Å². The van der Waals surface area contributed by atoms with E-state index < -0.39 is 18.2 Å². The largest absolute Gasteiger partial charge is 0.478 e. The van der Waals surface area contributed by atoms with Gasteiger partial charge in [-0.05, 0) is 61.6 Å². The predicted molar refractivity (Wildman–Crippen MR) is 123 cm³/mol. The third-order valence-electron chi connectivity index (χ3n) is 6.01. The number of aryl methyl sites for hydroxylation is 2. The number of carbonyl (C=O) groups is 1. The van der Waals surface area contributed by atoms with Crippen molar-refractivity contribution >= 4 is 23.4 Å². The Balaban J connectivity index is 1.55. The number of hydrazine groups is 1. The van der Waals surface area contributed by atoms with Gasteiger partial charge in [-0.25, -0.2) is 15.2 Å². The van der Waals surface area contributed by atoms with Gasteiger partial charge in [-0.3, -0.25) is 9.99 Å². The Kier molecular flexibility index (Phi) is 5.64. The van der Waals surface area contributed by atoms with Crippen LogP contribution in [0.4, 0.5) is 30.6 Å². The number of rotatable bonds is 5. The number of alkyl halides is 3. The Morgan fingerprint density at radius 3 is 2.71 bits per heavy atom. The minimum Gasteiger partial charge on any atom is -0.478 e. The maximum atomic E-state index is 13.4. The molecule has 0 spiro atoms. The van der Waals surface area contributed by atoms with Crippen LogP contribution in [-0.2, 0) is 12.8 Å². The van der Waals surface area contributed by atoms with Crippen molar-refractivity contribution < 1.29 is 23.1 Å². The van der Waals surface area contributed by atoms with Gasteiger partial charge >= 0.3 is 12.1 Å². The van der Waals surface area contributed by atoms with Crippen LogP contribution in [0, 0.1) is 0 Å². The molecule has 0 amide bonds. The molecule has 1 aliphatic heterocycles. The van der Waals surface area contributed by atoms with Crippen LogP contribution < -0.4 is 15.8 Å². The Morgan fingerprint density at radius 1 is 1.17 bits per heavy atom. The first-order valence-electron chi connectivity index (χ1n) is 10.9. The Bertz CT molecular complexity index is 1340. The second-order valence-corrected chi connectivity index (χ2v) is 8.45. The molecule has 3 aromatic rings. The number of nitrogens with one attached hydrogen (secondary N) is 2. The number of benzene rings is 1. The summed E-state index contributed by atoms with van der Waals surface area (Å²) in [4.78, 5) is 24.3. The maximum absolute atomic E-state index is 13.4. The lowest BCUT2D eigenvalue weighted by atomic mass is 10.1. The molecule has 0 radical (unpaired) electrons. The molecule has 0 saturated carbocycles. The third kappa shape index (κ3) is 4.54. The predicted octanol–water partition coefficient (Wildman–Crippen LogP) is 4.63. The normalized spacial score (nSPS) is 17.3. The quantitative estimate of drug-likeness (QED) is 0.484. The van der Waals surface area contributed by atoms with E-state index in [1.165, 1.54) is 47.7 Å². The molecule has 3 N–H and O–H groups in total. The van der Waals surface area contributed by atoms with Gasteiger partial charge in [0.05, 0.1) is 5.56 Å². The van der Waals surface area contributed by atoms with Crippen molar-refractivity contribution in [1.29, 1.82) is 0 Å². The molecule has 8 nitrogen and oxygen atoms in total. The van der Waals surface area contributed by atoms with Crippen molar-refractivity contribution in [2.75, 3.05) is 10.3 Å². The number of allylic oxidation sites excluding steroid dienone is 1. The molecular formula is C24H21F3N6O2. The summed E-state index contributed by atoms with van der Waals surface area (Å²) in [6.45, 7) is 1.53. The minimum atomic E-state index is -4.50. The highest BCUT2D eigenvalue weighted by atomic mass is 19.4. The number of halogens is 3. The standard InChI is InChI=1S/C24H21F3N6O2/c1-13-7-20(24(25,26)27)32-33(13)21-19(16-8-17(22(34)35)11-28-10-16)12-29-23(31-21)30-18-6-5-14-3-2-4-15(14)9-18/h5-12,20,32H,2-4H2,1H3,(H,34,35)(H,29,30,31). The minimum absolute atomic E-state index is 0.0661. The number of hydrogen-bond donors (Lipinski definition) is 3. The van der Waals surface area contributed by atoms with E-state index in [0.29, 0.717) is 11.1 Å². The number of carboxylic acid groups (broad SMARTS) is 1. The topological polar surface area (TPSA) is 103 Å². The van der Waals surface area contributed by atoms with Crippen LogP contribution in [0.5, 0.6) is 0 Å². The molecule has 0 saturated heterocycles. The second kappa shape index (κ2) is 8.66. The first-order valence-corrected chi connectivity index (χ1v) is 10.9. The van der Waals surface area contributed by atoms with Gasteiger partial charge in [0.2, 0.25) is 5.95 Å². The zero-order chi connectivity index (χ0) is 24.7. The van der Waals surface area contributed by atoms with E-state index in [9.17, 15) is 23.1 Å². The summed E-state index contributed by atoms with van der Waals surface area (Å²) in [5, 5.41) is 13.7. The molecule has 35 heavy (non-hydrogen) atoms. The molecule has 5 rings (SSSR count). The average Bonchev–Trinajstić information content (AvgIpc) is 3.45. The molecule has 2 aliphatic rings. The molecule has 0 bridgehead atoms. The summed E-state index contributed by atoms with van der Waals surface area (Å²) in [5.74, 6) is -0.855. The highest BCUT2D eigenvalue weighted by molar-refractivity contribution is 5.90. The smallest absolute Gasteiger partial charge is 0.409 e. The van der Waals surface area contributed by atoms with Crippen molar-refractivity contribution in [3.05, 3.63) is 71.3 Å². The molecule has 3 heterocycles. The van der Waals surface area contributed by atoms with Crippen molar-refractivity contribution in [1.82, 2.24) is 20.4 Å². The Morgan fingerprint density at radius 2 is 1.97 bits per heavy atom. The monoisotopic (exact) mass is 482 g/mol. The number of aromatic carboxylic acids is 1. The molecule has 1 aromatic carbocycles. The lowest BCUT2D eigenvalue weighted by Crippen LogP contribution is -2.45. The third-order valence-corrected chi connectivity index (χ3v) is 6.01. The lowest BCUT2D eigenvalue weighted by molar-refractivity contribution is -0.142. The average molecular weight is 482 g/mol. The molecule has 1 unspecified atom stereocenters. The molecule has 2 aromatic heterocycles. The van der Waals surface area contributed by atoms with Gasteiger partial charge in [0.25, 0.3) is 0 Å². The number of pyridine rings is 1. The van der Waals surface area contributed by atoms with E-state index in [0.717, 1.165) is 31.0 Å². The van der Waals surface area contributed by atoms with Gasteiger partial charge in [0.15, 0.2) is 5.82 Å². The Labute approximate surface area is 198 Å². The van der Waals surface area contributed by atoms with Crippen LogP contribution in [0.15, 0.2) is 54.6 Å². The SMILES string of the molecule is CC1=CC(C(F)(F)F)NN1c1nc(Nc2ccc3c(c2)CCC3)ncc1-c1cncc(C(=O)O)c1. The van der Waals surface area contributed by atoms with Crippen LogP contribution in [0.25, 0.3) is 11.1 Å². The van der Waals surface area contributed by atoms with E-state index in [1.807, 2.05) is 18.2 Å². The lowest BCUT2D eigenvalue weighted by Gasteiger charge is -2.25. The fraction of sp³-hybridized carbons (Fsp3) is 0.250. The number of aromatic nitrogens is 3. The van der Waals surface area contributed by atoms with Crippen LogP contribution >= 0.6 is 0 Å². The molecular weight excluding hydrogens is 461 g/mol. The molecule has 0 fully saturated rings. The Hall–Kier alpha value is -3.99. The second-order valence-electron chi connectivity index (χ2n) is 8.45. The van der Waals surface area contributed by atoms with E-state index in [1.54, 1.807) is 0 Å². The molecule has 11 heteroatoms. The first kappa shape index (κ1) is 22.8. The van der Waals surface area contributed by atoms with E-state index >= 15 is 0 Å². The highest BCUT2D eigenvalue weighted by Crippen LogP contribution is 2.35. The van der Waals surface area contributed by atoms with Crippen LogP contribution in [0.3, 0.4) is 0 Å². The van der Waals surface area contributed by atoms with Gasteiger partial charge in [-0.15, -0.1) is 0 Å². The van der Waals surface area contributed by atoms with Gasteiger partial charge in [0.1, 0.15) is 6.04 Å². The van der Waals surface area contributed by atoms with Gasteiger partial charge in [-0.2, -0.15) is 18.2 Å². The zero-order valence-electron chi connectivity index (χ0n) is 18.6. The number of nitrogens with zero attached hydrogens (tertiary/aromatic N) is 4. The number of fused-ring (bicyclic) bond motifs is 1. The summed E-state index contributed by atoms with van der Waals surface area (Å²) in [6.07, 6.45) is 3.74. The molecule has 1 aliphatic carbocycles.